The van der Waals surface area contributed by atoms with Gasteiger partial charge in [0.1, 0.15) is 35.5 Å². The third kappa shape index (κ3) is 5.41. The van der Waals surface area contributed by atoms with Crippen LogP contribution in [0, 0.1) is 43.4 Å². The fourth-order valence-electron chi connectivity index (χ4n) is 3.18. The quantitative estimate of drug-likeness (QED) is 0.444. The highest BCUT2D eigenvalue weighted by Crippen LogP contribution is 2.23. The van der Waals surface area contributed by atoms with Gasteiger partial charge in [-0.1, -0.05) is 17.7 Å². The van der Waals surface area contributed by atoms with Gasteiger partial charge in [0.15, 0.2) is 0 Å². The van der Waals surface area contributed by atoms with Crippen molar-refractivity contribution in [3.63, 3.8) is 0 Å². The van der Waals surface area contributed by atoms with Crippen LogP contribution in [0.4, 0.5) is 5.69 Å². The lowest BCUT2D eigenvalue weighted by molar-refractivity contribution is -0.112. The molecule has 1 N–H and O–H groups in total. The van der Waals surface area contributed by atoms with Gasteiger partial charge >= 0.3 is 0 Å². The molecule has 3 aromatic rings. The second-order valence-electron chi connectivity index (χ2n) is 7.13. The van der Waals surface area contributed by atoms with Crippen LogP contribution in [0.1, 0.15) is 33.8 Å². The normalized spacial score (nSPS) is 10.8. The zero-order valence-corrected chi connectivity index (χ0v) is 17.5. The molecule has 0 aliphatic heterocycles. The highest BCUT2D eigenvalue weighted by molar-refractivity contribution is 6.10. The van der Waals surface area contributed by atoms with Gasteiger partial charge in [-0.25, -0.2) is 0 Å². The molecule has 1 heterocycles. The van der Waals surface area contributed by atoms with Crippen molar-refractivity contribution < 1.29 is 13.9 Å². The number of benzene rings is 2. The number of carbonyl (C=O) groups excluding carboxylic acids is 1. The summed E-state index contributed by atoms with van der Waals surface area (Å²) < 4.78 is 11.3. The van der Waals surface area contributed by atoms with Gasteiger partial charge in [0.2, 0.25) is 0 Å². The van der Waals surface area contributed by atoms with Crippen LogP contribution in [0.15, 0.2) is 58.5 Å². The summed E-state index contributed by atoms with van der Waals surface area (Å²) in [5.41, 5.74) is 4.17. The highest BCUT2D eigenvalue weighted by atomic mass is 16.5. The minimum absolute atomic E-state index is 0.0618. The maximum absolute atomic E-state index is 12.6. The van der Waals surface area contributed by atoms with Crippen LogP contribution in [0.2, 0.25) is 0 Å². The first-order chi connectivity index (χ1) is 14.9. The lowest BCUT2D eigenvalue weighted by Crippen LogP contribution is -2.15. The van der Waals surface area contributed by atoms with Gasteiger partial charge in [0.25, 0.3) is 5.91 Å². The molecule has 0 saturated heterocycles. The van der Waals surface area contributed by atoms with E-state index in [4.69, 9.17) is 14.4 Å². The van der Waals surface area contributed by atoms with Gasteiger partial charge in [-0.05, 0) is 68.3 Å². The topological polar surface area (TPSA) is 99.0 Å². The fourth-order valence-corrected chi connectivity index (χ4v) is 3.18. The van der Waals surface area contributed by atoms with Crippen LogP contribution in [-0.4, -0.2) is 5.91 Å². The molecule has 1 aromatic heterocycles. The first-order valence-electron chi connectivity index (χ1n) is 9.62. The molecule has 0 saturated carbocycles. The average molecular weight is 411 g/mol. The van der Waals surface area contributed by atoms with E-state index in [2.05, 4.69) is 5.32 Å². The summed E-state index contributed by atoms with van der Waals surface area (Å²) in [6, 6.07) is 18.1. The number of furan rings is 1. The van der Waals surface area contributed by atoms with Crippen LogP contribution in [-0.2, 0) is 11.4 Å². The van der Waals surface area contributed by atoms with Crippen molar-refractivity contribution in [1.29, 1.82) is 10.5 Å². The molecule has 154 valence electrons. The highest BCUT2D eigenvalue weighted by Gasteiger charge is 2.14. The van der Waals surface area contributed by atoms with Crippen LogP contribution in [0.3, 0.4) is 0 Å². The molecule has 0 aliphatic carbocycles. The Morgan fingerprint density at radius 3 is 2.35 bits per heavy atom. The Morgan fingerprint density at radius 2 is 1.74 bits per heavy atom. The molecule has 0 spiro atoms. The molecule has 6 heteroatoms. The van der Waals surface area contributed by atoms with Gasteiger partial charge in [0.05, 0.1) is 11.6 Å². The Balaban J connectivity index is 1.68. The molecule has 0 unspecified atom stereocenters. The largest absolute Gasteiger partial charge is 0.486 e. The molecule has 0 atom stereocenters. The predicted molar refractivity (Wildman–Crippen MR) is 117 cm³/mol. The van der Waals surface area contributed by atoms with E-state index in [0.29, 0.717) is 28.5 Å². The summed E-state index contributed by atoms with van der Waals surface area (Å²) in [6.45, 7) is 6.00. The number of ether oxygens (including phenoxy) is 1. The number of anilines is 1. The molecule has 0 fully saturated rings. The van der Waals surface area contributed by atoms with Gasteiger partial charge in [-0.2, -0.15) is 10.5 Å². The monoisotopic (exact) mass is 411 g/mol. The van der Waals surface area contributed by atoms with E-state index in [-0.39, 0.29) is 12.2 Å². The van der Waals surface area contributed by atoms with E-state index in [1.54, 1.807) is 36.4 Å². The summed E-state index contributed by atoms with van der Waals surface area (Å²) >= 11 is 0. The first kappa shape index (κ1) is 21.4. The number of nitriles is 2. The summed E-state index contributed by atoms with van der Waals surface area (Å²) in [4.78, 5) is 12.6. The van der Waals surface area contributed by atoms with Crippen molar-refractivity contribution in [3.8, 4) is 17.9 Å². The Hall–Kier alpha value is -4.29. The molecule has 31 heavy (non-hydrogen) atoms. The SMILES string of the molecule is Cc1cc(C)c(NC(=O)C(C#N)=Cc2ccc(COc3ccc(C#N)cc3)o2)c(C)c1. The molecule has 0 bridgehead atoms. The number of hydrogen-bond donors (Lipinski definition) is 1. The van der Waals surface area contributed by atoms with Gasteiger partial charge in [-0.15, -0.1) is 0 Å². The second-order valence-corrected chi connectivity index (χ2v) is 7.13. The number of nitrogens with zero attached hydrogens (tertiary/aromatic N) is 2. The molecule has 6 nitrogen and oxygen atoms in total. The van der Waals surface area contributed by atoms with Crippen molar-refractivity contribution in [2.45, 2.75) is 27.4 Å². The number of nitrogens with one attached hydrogen (secondary N) is 1. The molecule has 1 amide bonds. The van der Waals surface area contributed by atoms with Gasteiger partial charge in [0, 0.05) is 11.8 Å². The number of aryl methyl sites for hydroxylation is 3. The van der Waals surface area contributed by atoms with E-state index in [9.17, 15) is 10.1 Å². The number of carbonyl (C=O) groups is 1. The standard InChI is InChI=1S/C25H21N3O3/c1-16-10-17(2)24(18(3)11-16)28-25(29)20(14-27)12-22-8-9-23(31-22)15-30-21-6-4-19(13-26)5-7-21/h4-12H,15H2,1-3H3,(H,28,29). The average Bonchev–Trinajstić information content (AvgIpc) is 3.20. The Kier molecular flexibility index (Phi) is 6.54. The van der Waals surface area contributed by atoms with Crippen LogP contribution in [0.5, 0.6) is 5.75 Å². The molecule has 3 rings (SSSR count). The maximum Gasteiger partial charge on any atom is 0.266 e. The minimum Gasteiger partial charge on any atom is -0.486 e. The first-order valence-corrected chi connectivity index (χ1v) is 9.62. The molecular weight excluding hydrogens is 390 g/mol. The van der Waals surface area contributed by atoms with Gasteiger partial charge in [-0.3, -0.25) is 4.79 Å². The van der Waals surface area contributed by atoms with E-state index >= 15 is 0 Å². The lowest BCUT2D eigenvalue weighted by atomic mass is 10.0. The third-order valence-electron chi connectivity index (χ3n) is 4.61. The van der Waals surface area contributed by atoms with Crippen LogP contribution < -0.4 is 10.1 Å². The molecule has 0 aliphatic rings. The summed E-state index contributed by atoms with van der Waals surface area (Å²) in [6.07, 6.45) is 1.40. The number of hydrogen-bond acceptors (Lipinski definition) is 5. The second kappa shape index (κ2) is 9.47. The number of rotatable bonds is 6. The number of amides is 1. The van der Waals surface area contributed by atoms with Crippen LogP contribution in [0.25, 0.3) is 6.08 Å². The fraction of sp³-hybridized carbons (Fsp3) is 0.160. The predicted octanol–water partition coefficient (Wildman–Crippen LogP) is 5.20. The maximum atomic E-state index is 12.6. The Labute approximate surface area is 181 Å². The van der Waals surface area contributed by atoms with Crippen molar-refractivity contribution in [1.82, 2.24) is 0 Å². The zero-order chi connectivity index (χ0) is 22.4. The smallest absolute Gasteiger partial charge is 0.266 e. The minimum atomic E-state index is -0.496. The van der Waals surface area contributed by atoms with Crippen molar-refractivity contribution in [2.75, 3.05) is 5.32 Å². The van der Waals surface area contributed by atoms with E-state index in [1.165, 1.54) is 6.08 Å². The van der Waals surface area contributed by atoms with E-state index in [0.717, 1.165) is 16.7 Å². The molecule has 0 radical (unpaired) electrons. The summed E-state index contributed by atoms with van der Waals surface area (Å²) in [5.74, 6) is 1.03. The third-order valence-corrected chi connectivity index (χ3v) is 4.61. The summed E-state index contributed by atoms with van der Waals surface area (Å²) in [5, 5.41) is 21.1. The Bertz CT molecular complexity index is 1200. The van der Waals surface area contributed by atoms with Crippen molar-refractivity contribution >= 4 is 17.7 Å². The van der Waals surface area contributed by atoms with Crippen molar-refractivity contribution in [3.05, 3.63) is 87.9 Å². The molecule has 2 aromatic carbocycles. The lowest BCUT2D eigenvalue weighted by Gasteiger charge is -2.12. The van der Waals surface area contributed by atoms with Gasteiger partial charge < -0.3 is 14.5 Å². The molecular formula is C25H21N3O3. The Morgan fingerprint density at radius 1 is 1.06 bits per heavy atom. The zero-order valence-electron chi connectivity index (χ0n) is 17.5. The van der Waals surface area contributed by atoms with E-state index in [1.807, 2.05) is 45.0 Å². The summed E-state index contributed by atoms with van der Waals surface area (Å²) in [7, 11) is 0. The van der Waals surface area contributed by atoms with Crippen molar-refractivity contribution in [2.24, 2.45) is 0 Å². The van der Waals surface area contributed by atoms with Crippen LogP contribution >= 0.6 is 0 Å². The van der Waals surface area contributed by atoms with E-state index < -0.39 is 5.91 Å².